The molecule has 2 nitrogen and oxygen atoms in total. The molecular formula is C11H16ClNO. The Bertz CT molecular complexity index is 312. The molecule has 0 amide bonds. The van der Waals surface area contributed by atoms with Gasteiger partial charge in [0.2, 0.25) is 0 Å². The molecule has 3 heteroatoms. The second-order valence-corrected chi connectivity index (χ2v) is 4.02. The Labute approximate surface area is 90.0 Å². The molecule has 14 heavy (non-hydrogen) atoms. The Morgan fingerprint density at radius 3 is 2.57 bits per heavy atom. The van der Waals surface area contributed by atoms with Crippen LogP contribution in [0, 0.1) is 6.92 Å². The quantitative estimate of drug-likeness (QED) is 0.838. The van der Waals surface area contributed by atoms with E-state index in [0.717, 1.165) is 5.56 Å². The maximum atomic E-state index is 5.98. The number of benzene rings is 1. The molecule has 1 aromatic rings. The number of aryl methyl sites for hydroxylation is 1. The molecule has 0 saturated carbocycles. The van der Waals surface area contributed by atoms with Crippen molar-refractivity contribution in [3.63, 3.8) is 0 Å². The molecule has 2 atom stereocenters. The fraction of sp³-hybridized carbons (Fsp3) is 0.455. The lowest BCUT2D eigenvalue weighted by molar-refractivity contribution is 0.197. The summed E-state index contributed by atoms with van der Waals surface area (Å²) in [7, 11) is 0. The second kappa shape index (κ2) is 4.67. The van der Waals surface area contributed by atoms with Crippen molar-refractivity contribution in [1.29, 1.82) is 0 Å². The van der Waals surface area contributed by atoms with E-state index in [4.69, 9.17) is 22.1 Å². The summed E-state index contributed by atoms with van der Waals surface area (Å²) in [5.74, 6) is 0.705. The lowest BCUT2D eigenvalue weighted by Gasteiger charge is -2.19. The predicted octanol–water partition coefficient (Wildman–Crippen LogP) is 2.76. The van der Waals surface area contributed by atoms with Crippen LogP contribution in [0.15, 0.2) is 18.2 Å². The first-order chi connectivity index (χ1) is 6.50. The van der Waals surface area contributed by atoms with E-state index in [9.17, 15) is 0 Å². The molecular weight excluding hydrogens is 198 g/mol. The van der Waals surface area contributed by atoms with Gasteiger partial charge in [0.15, 0.2) is 0 Å². The zero-order chi connectivity index (χ0) is 10.7. The van der Waals surface area contributed by atoms with Gasteiger partial charge in [-0.15, -0.1) is 0 Å². The molecule has 0 spiro atoms. The van der Waals surface area contributed by atoms with Gasteiger partial charge in [0, 0.05) is 6.04 Å². The molecule has 0 aromatic heterocycles. The molecule has 0 fully saturated rings. The highest BCUT2D eigenvalue weighted by atomic mass is 35.5. The molecule has 1 rings (SSSR count). The lowest BCUT2D eigenvalue weighted by Crippen LogP contribution is -2.33. The van der Waals surface area contributed by atoms with Gasteiger partial charge >= 0.3 is 0 Å². The minimum atomic E-state index is -0.0331. The summed E-state index contributed by atoms with van der Waals surface area (Å²) < 4.78 is 5.63. The van der Waals surface area contributed by atoms with Crippen molar-refractivity contribution >= 4 is 11.6 Å². The summed E-state index contributed by atoms with van der Waals surface area (Å²) >= 11 is 5.98. The molecule has 0 aliphatic heterocycles. The van der Waals surface area contributed by atoms with Gasteiger partial charge in [-0.25, -0.2) is 0 Å². The van der Waals surface area contributed by atoms with Crippen LogP contribution < -0.4 is 10.5 Å². The average molecular weight is 214 g/mol. The van der Waals surface area contributed by atoms with Crippen LogP contribution in [-0.4, -0.2) is 12.1 Å². The number of nitrogens with two attached hydrogens (primary N) is 1. The predicted molar refractivity (Wildman–Crippen MR) is 59.9 cm³/mol. The third-order valence-electron chi connectivity index (χ3n) is 2.14. The van der Waals surface area contributed by atoms with Gasteiger partial charge in [0.25, 0.3) is 0 Å². The summed E-state index contributed by atoms with van der Waals surface area (Å²) in [6.07, 6.45) is -0.0331. The number of rotatable bonds is 3. The number of ether oxygens (including phenoxy) is 1. The van der Waals surface area contributed by atoms with Crippen LogP contribution in [0.25, 0.3) is 0 Å². The van der Waals surface area contributed by atoms with E-state index in [1.54, 1.807) is 0 Å². The Morgan fingerprint density at radius 1 is 1.36 bits per heavy atom. The van der Waals surface area contributed by atoms with E-state index in [1.165, 1.54) is 0 Å². The maximum Gasteiger partial charge on any atom is 0.138 e. The maximum absolute atomic E-state index is 5.98. The summed E-state index contributed by atoms with van der Waals surface area (Å²) in [6.45, 7) is 5.84. The summed E-state index contributed by atoms with van der Waals surface area (Å²) in [5.41, 5.74) is 6.83. The van der Waals surface area contributed by atoms with Gasteiger partial charge in [0.1, 0.15) is 11.9 Å². The Kier molecular flexibility index (Phi) is 3.78. The van der Waals surface area contributed by atoms with E-state index in [2.05, 4.69) is 0 Å². The van der Waals surface area contributed by atoms with Crippen LogP contribution in [0.4, 0.5) is 0 Å². The molecule has 1 unspecified atom stereocenters. The minimum Gasteiger partial charge on any atom is -0.488 e. The van der Waals surface area contributed by atoms with Crippen molar-refractivity contribution in [2.24, 2.45) is 5.73 Å². The first kappa shape index (κ1) is 11.3. The van der Waals surface area contributed by atoms with E-state index < -0.39 is 0 Å². The standard InChI is InChI=1S/C11H16ClNO/c1-7-4-5-10(12)11(6-7)14-9(3)8(2)13/h4-6,8-9H,13H2,1-3H3/t8-,9?/m0/s1. The zero-order valence-electron chi connectivity index (χ0n) is 8.75. The van der Waals surface area contributed by atoms with Crippen molar-refractivity contribution in [2.75, 3.05) is 0 Å². The van der Waals surface area contributed by atoms with Crippen LogP contribution >= 0.6 is 11.6 Å². The molecule has 1 aromatic carbocycles. The smallest absolute Gasteiger partial charge is 0.138 e. The number of hydrogen-bond acceptors (Lipinski definition) is 2. The topological polar surface area (TPSA) is 35.2 Å². The van der Waals surface area contributed by atoms with Gasteiger partial charge in [0.05, 0.1) is 5.02 Å². The highest BCUT2D eigenvalue weighted by Crippen LogP contribution is 2.26. The third kappa shape index (κ3) is 2.89. The van der Waals surface area contributed by atoms with Crippen molar-refractivity contribution in [3.8, 4) is 5.75 Å². The minimum absolute atomic E-state index is 0.00780. The Hall–Kier alpha value is -0.730. The van der Waals surface area contributed by atoms with Gasteiger partial charge in [-0.1, -0.05) is 17.7 Å². The van der Waals surface area contributed by atoms with E-state index >= 15 is 0 Å². The first-order valence-electron chi connectivity index (χ1n) is 4.69. The van der Waals surface area contributed by atoms with E-state index in [1.807, 2.05) is 39.0 Å². The second-order valence-electron chi connectivity index (χ2n) is 3.62. The van der Waals surface area contributed by atoms with Crippen molar-refractivity contribution < 1.29 is 4.74 Å². The van der Waals surface area contributed by atoms with Gasteiger partial charge < -0.3 is 10.5 Å². The summed E-state index contributed by atoms with van der Waals surface area (Å²) in [6, 6.07) is 5.69. The Balaban J connectivity index is 2.80. The van der Waals surface area contributed by atoms with Crippen molar-refractivity contribution in [2.45, 2.75) is 32.9 Å². The van der Waals surface area contributed by atoms with Crippen LogP contribution in [0.3, 0.4) is 0 Å². The molecule has 0 aliphatic carbocycles. The molecule has 78 valence electrons. The molecule has 2 N–H and O–H groups in total. The average Bonchev–Trinajstić information content (AvgIpc) is 2.11. The molecule has 0 saturated heterocycles. The van der Waals surface area contributed by atoms with E-state index in [-0.39, 0.29) is 12.1 Å². The lowest BCUT2D eigenvalue weighted by atomic mass is 10.2. The van der Waals surface area contributed by atoms with Crippen molar-refractivity contribution in [3.05, 3.63) is 28.8 Å². The molecule has 0 heterocycles. The fourth-order valence-corrected chi connectivity index (χ4v) is 1.17. The SMILES string of the molecule is Cc1ccc(Cl)c(OC(C)[C@H](C)N)c1. The largest absolute Gasteiger partial charge is 0.488 e. The number of hydrogen-bond donors (Lipinski definition) is 1. The molecule has 0 aliphatic rings. The van der Waals surface area contributed by atoms with Crippen LogP contribution in [0.2, 0.25) is 5.02 Å². The highest BCUT2D eigenvalue weighted by molar-refractivity contribution is 6.32. The van der Waals surface area contributed by atoms with E-state index in [0.29, 0.717) is 10.8 Å². The highest BCUT2D eigenvalue weighted by Gasteiger charge is 2.11. The van der Waals surface area contributed by atoms with Gasteiger partial charge in [-0.05, 0) is 38.5 Å². The summed E-state index contributed by atoms with van der Waals surface area (Å²) in [4.78, 5) is 0. The normalized spacial score (nSPS) is 14.9. The van der Waals surface area contributed by atoms with Crippen LogP contribution in [-0.2, 0) is 0 Å². The summed E-state index contributed by atoms with van der Waals surface area (Å²) in [5, 5.41) is 0.628. The monoisotopic (exact) mass is 213 g/mol. The Morgan fingerprint density at radius 2 is 2.00 bits per heavy atom. The molecule has 0 radical (unpaired) electrons. The van der Waals surface area contributed by atoms with Crippen LogP contribution in [0.5, 0.6) is 5.75 Å². The molecule has 0 bridgehead atoms. The zero-order valence-corrected chi connectivity index (χ0v) is 9.51. The van der Waals surface area contributed by atoms with Gasteiger partial charge in [-0.3, -0.25) is 0 Å². The first-order valence-corrected chi connectivity index (χ1v) is 5.07. The van der Waals surface area contributed by atoms with Crippen LogP contribution in [0.1, 0.15) is 19.4 Å². The third-order valence-corrected chi connectivity index (χ3v) is 2.45. The number of halogens is 1. The van der Waals surface area contributed by atoms with Gasteiger partial charge in [-0.2, -0.15) is 0 Å². The fourth-order valence-electron chi connectivity index (χ4n) is 1.01. The van der Waals surface area contributed by atoms with Crippen molar-refractivity contribution in [1.82, 2.24) is 0 Å².